The number of hydrogen-bond donors (Lipinski definition) is 2. The molecule has 1 heterocycles. The van der Waals surface area contributed by atoms with Gasteiger partial charge in [0, 0.05) is 6.04 Å². The molecule has 0 amide bonds. The first-order chi connectivity index (χ1) is 6.01. The van der Waals surface area contributed by atoms with Gasteiger partial charge in [-0.05, 0) is 37.1 Å². The van der Waals surface area contributed by atoms with Crippen LogP contribution in [0.3, 0.4) is 0 Å². The van der Waals surface area contributed by atoms with Crippen molar-refractivity contribution < 1.29 is 5.11 Å². The fourth-order valence-corrected chi connectivity index (χ4v) is 2.29. The third-order valence-corrected chi connectivity index (χ3v) is 2.72. The van der Waals surface area contributed by atoms with Crippen molar-refractivity contribution in [2.24, 2.45) is 11.3 Å². The molecule has 0 aliphatic carbocycles. The summed E-state index contributed by atoms with van der Waals surface area (Å²) in [5.74, 6) is 0.804. The average Bonchev–Trinajstić information content (AvgIpc) is 2.01. The predicted molar refractivity (Wildman–Crippen MR) is 55.7 cm³/mol. The van der Waals surface area contributed by atoms with Crippen molar-refractivity contribution in [3.8, 4) is 0 Å². The van der Waals surface area contributed by atoms with Crippen molar-refractivity contribution in [3.05, 3.63) is 0 Å². The van der Waals surface area contributed by atoms with E-state index in [1.807, 2.05) is 0 Å². The molecular weight excluding hydrogens is 162 g/mol. The second kappa shape index (κ2) is 4.43. The lowest BCUT2D eigenvalue weighted by Crippen LogP contribution is -2.41. The minimum Gasteiger partial charge on any atom is -0.395 e. The maximum atomic E-state index is 9.04. The van der Waals surface area contributed by atoms with Crippen molar-refractivity contribution in [1.29, 1.82) is 0 Å². The molecule has 0 saturated carbocycles. The summed E-state index contributed by atoms with van der Waals surface area (Å²) in [6.07, 6.45) is 3.70. The largest absolute Gasteiger partial charge is 0.395 e. The molecule has 2 heteroatoms. The molecule has 0 aromatic carbocycles. The van der Waals surface area contributed by atoms with Crippen molar-refractivity contribution in [2.75, 3.05) is 13.2 Å². The Labute approximate surface area is 81.7 Å². The predicted octanol–water partition coefficient (Wildman–Crippen LogP) is 1.78. The summed E-state index contributed by atoms with van der Waals surface area (Å²) in [6.45, 7) is 8.25. The number of aliphatic hydroxyl groups excluding tert-OH is 1. The maximum absolute atomic E-state index is 9.04. The maximum Gasteiger partial charge on any atom is 0.0584 e. The molecular formula is C11H23NO. The van der Waals surface area contributed by atoms with Crippen molar-refractivity contribution in [1.82, 2.24) is 5.32 Å². The van der Waals surface area contributed by atoms with E-state index in [0.29, 0.717) is 18.1 Å². The highest BCUT2D eigenvalue weighted by Crippen LogP contribution is 2.30. The van der Waals surface area contributed by atoms with Gasteiger partial charge in [-0.3, -0.25) is 0 Å². The summed E-state index contributed by atoms with van der Waals surface area (Å²) < 4.78 is 0. The molecule has 1 rings (SSSR count). The van der Waals surface area contributed by atoms with Crippen molar-refractivity contribution in [2.45, 2.75) is 46.1 Å². The normalized spacial score (nSPS) is 30.5. The topological polar surface area (TPSA) is 32.3 Å². The Morgan fingerprint density at radius 1 is 1.38 bits per heavy atom. The summed E-state index contributed by atoms with van der Waals surface area (Å²) in [4.78, 5) is 0. The lowest BCUT2D eigenvalue weighted by atomic mass is 9.79. The molecule has 0 aromatic rings. The SMILES string of the molecule is CC(C)(C)CC1CCNC(CO)C1. The van der Waals surface area contributed by atoms with Crippen LogP contribution in [-0.4, -0.2) is 24.3 Å². The minimum absolute atomic E-state index is 0.292. The molecule has 1 fully saturated rings. The zero-order chi connectivity index (χ0) is 9.90. The van der Waals surface area contributed by atoms with E-state index >= 15 is 0 Å². The van der Waals surface area contributed by atoms with Gasteiger partial charge in [-0.1, -0.05) is 20.8 Å². The quantitative estimate of drug-likeness (QED) is 0.687. The van der Waals surface area contributed by atoms with Gasteiger partial charge in [0.25, 0.3) is 0 Å². The van der Waals surface area contributed by atoms with E-state index in [-0.39, 0.29) is 0 Å². The molecule has 2 nitrogen and oxygen atoms in total. The zero-order valence-electron chi connectivity index (χ0n) is 9.14. The van der Waals surface area contributed by atoms with Gasteiger partial charge in [-0.25, -0.2) is 0 Å². The van der Waals surface area contributed by atoms with Crippen LogP contribution in [0.25, 0.3) is 0 Å². The highest BCUT2D eigenvalue weighted by Gasteiger charge is 2.24. The lowest BCUT2D eigenvalue weighted by Gasteiger charge is -2.33. The molecule has 1 aliphatic heterocycles. The average molecular weight is 185 g/mol. The van der Waals surface area contributed by atoms with E-state index in [4.69, 9.17) is 5.11 Å². The molecule has 0 bridgehead atoms. The van der Waals surface area contributed by atoms with Gasteiger partial charge < -0.3 is 10.4 Å². The third-order valence-electron chi connectivity index (χ3n) is 2.72. The number of nitrogens with one attached hydrogen (secondary N) is 1. The van der Waals surface area contributed by atoms with E-state index in [1.54, 1.807) is 0 Å². The van der Waals surface area contributed by atoms with Crippen LogP contribution in [0, 0.1) is 11.3 Å². The van der Waals surface area contributed by atoms with Crippen LogP contribution < -0.4 is 5.32 Å². The first kappa shape index (κ1) is 11.0. The summed E-state index contributed by atoms with van der Waals surface area (Å²) in [5.41, 5.74) is 0.433. The van der Waals surface area contributed by atoms with Gasteiger partial charge in [0.1, 0.15) is 0 Å². The van der Waals surface area contributed by atoms with Gasteiger partial charge in [-0.15, -0.1) is 0 Å². The second-order valence-corrected chi connectivity index (χ2v) is 5.49. The van der Waals surface area contributed by atoms with Crippen LogP contribution in [0.5, 0.6) is 0 Å². The number of rotatable bonds is 2. The molecule has 2 N–H and O–H groups in total. The highest BCUT2D eigenvalue weighted by molar-refractivity contribution is 4.80. The van der Waals surface area contributed by atoms with E-state index in [1.165, 1.54) is 12.8 Å². The Hall–Kier alpha value is -0.0800. The van der Waals surface area contributed by atoms with Gasteiger partial charge in [0.05, 0.1) is 6.61 Å². The van der Waals surface area contributed by atoms with Gasteiger partial charge >= 0.3 is 0 Å². The second-order valence-electron chi connectivity index (χ2n) is 5.49. The van der Waals surface area contributed by atoms with E-state index in [9.17, 15) is 0 Å². The van der Waals surface area contributed by atoms with Gasteiger partial charge in [-0.2, -0.15) is 0 Å². The first-order valence-corrected chi connectivity index (χ1v) is 5.35. The Morgan fingerprint density at radius 2 is 2.08 bits per heavy atom. The fraction of sp³-hybridized carbons (Fsp3) is 1.00. The highest BCUT2D eigenvalue weighted by atomic mass is 16.3. The number of piperidine rings is 1. The molecule has 0 radical (unpaired) electrons. The zero-order valence-corrected chi connectivity index (χ0v) is 9.14. The Kier molecular flexibility index (Phi) is 3.74. The van der Waals surface area contributed by atoms with Crippen LogP contribution in [0.15, 0.2) is 0 Å². The molecule has 2 atom stereocenters. The van der Waals surface area contributed by atoms with Crippen LogP contribution in [0.4, 0.5) is 0 Å². The molecule has 13 heavy (non-hydrogen) atoms. The standard InChI is InChI=1S/C11H23NO/c1-11(2,3)7-9-4-5-12-10(6-9)8-13/h9-10,12-13H,4-8H2,1-3H3. The van der Waals surface area contributed by atoms with E-state index in [0.717, 1.165) is 18.9 Å². The van der Waals surface area contributed by atoms with Crippen LogP contribution in [-0.2, 0) is 0 Å². The summed E-state index contributed by atoms with van der Waals surface area (Å²) in [6, 6.07) is 0.348. The summed E-state index contributed by atoms with van der Waals surface area (Å²) >= 11 is 0. The van der Waals surface area contributed by atoms with Crippen molar-refractivity contribution >= 4 is 0 Å². The fourth-order valence-electron chi connectivity index (χ4n) is 2.29. The molecule has 1 aliphatic rings. The van der Waals surface area contributed by atoms with Crippen LogP contribution in [0.2, 0.25) is 0 Å². The number of hydrogen-bond acceptors (Lipinski definition) is 2. The summed E-state index contributed by atoms with van der Waals surface area (Å²) in [7, 11) is 0. The minimum atomic E-state index is 0.292. The van der Waals surface area contributed by atoms with Crippen LogP contribution >= 0.6 is 0 Å². The Bertz CT molecular complexity index is 151. The monoisotopic (exact) mass is 185 g/mol. The molecule has 0 spiro atoms. The Morgan fingerprint density at radius 3 is 2.62 bits per heavy atom. The lowest BCUT2D eigenvalue weighted by molar-refractivity contribution is 0.165. The van der Waals surface area contributed by atoms with Gasteiger partial charge in [0.2, 0.25) is 0 Å². The first-order valence-electron chi connectivity index (χ1n) is 5.35. The smallest absolute Gasteiger partial charge is 0.0584 e. The van der Waals surface area contributed by atoms with E-state index in [2.05, 4.69) is 26.1 Å². The van der Waals surface area contributed by atoms with Crippen LogP contribution in [0.1, 0.15) is 40.0 Å². The molecule has 78 valence electrons. The molecule has 2 unspecified atom stereocenters. The van der Waals surface area contributed by atoms with Gasteiger partial charge in [0.15, 0.2) is 0 Å². The van der Waals surface area contributed by atoms with Crippen molar-refractivity contribution in [3.63, 3.8) is 0 Å². The molecule has 0 aromatic heterocycles. The third kappa shape index (κ3) is 4.10. The number of aliphatic hydroxyl groups is 1. The Balaban J connectivity index is 2.34. The molecule has 1 saturated heterocycles. The van der Waals surface area contributed by atoms with E-state index < -0.39 is 0 Å². The summed E-state index contributed by atoms with van der Waals surface area (Å²) in [5, 5.41) is 12.4.